The molecule has 0 N–H and O–H groups in total. The maximum atomic E-state index is 6.84. The lowest BCUT2D eigenvalue weighted by molar-refractivity contribution is -0.330. The molecular formula is C42H39Br2ClO7. The zero-order chi connectivity index (χ0) is 36.1. The van der Waals surface area contributed by atoms with Crippen molar-refractivity contribution in [3.05, 3.63) is 169 Å². The molecule has 0 bridgehead atoms. The van der Waals surface area contributed by atoms with Crippen LogP contribution in [0.1, 0.15) is 27.8 Å². The fraction of sp³-hybridized carbons (Fsp3) is 0.286. The van der Waals surface area contributed by atoms with Gasteiger partial charge in [-0.3, -0.25) is 0 Å². The summed E-state index contributed by atoms with van der Waals surface area (Å²) in [5, 5.41) is 0.651. The zero-order valence-electron chi connectivity index (χ0n) is 28.6. The van der Waals surface area contributed by atoms with E-state index in [4.69, 9.17) is 44.8 Å². The van der Waals surface area contributed by atoms with Gasteiger partial charge in [0.2, 0.25) is 0 Å². The average Bonchev–Trinajstić information content (AvgIpc) is 3.17. The van der Waals surface area contributed by atoms with E-state index in [1.807, 2.05) is 115 Å². The Morgan fingerprint density at radius 1 is 0.615 bits per heavy atom. The second-order valence-electron chi connectivity index (χ2n) is 12.2. The summed E-state index contributed by atoms with van der Waals surface area (Å²) in [5.74, 6) is 0.764. The smallest absolute Gasteiger partial charge is 0.187 e. The molecule has 1 heterocycles. The number of hydrogen-bond donors (Lipinski definition) is 0. The maximum absolute atomic E-state index is 6.84. The quantitative estimate of drug-likeness (QED) is 0.0924. The Morgan fingerprint density at radius 3 is 1.94 bits per heavy atom. The molecule has 1 aliphatic rings. The van der Waals surface area contributed by atoms with E-state index in [1.54, 1.807) is 7.11 Å². The third-order valence-electron chi connectivity index (χ3n) is 8.51. The van der Waals surface area contributed by atoms with Crippen LogP contribution in [-0.4, -0.2) is 44.4 Å². The summed E-state index contributed by atoms with van der Waals surface area (Å²) >= 11 is 13.3. The highest BCUT2D eigenvalue weighted by molar-refractivity contribution is 9.10. The first-order valence-electron chi connectivity index (χ1n) is 16.9. The Labute approximate surface area is 327 Å². The first-order chi connectivity index (χ1) is 25.4. The molecule has 52 heavy (non-hydrogen) atoms. The Hall–Kier alpha value is -3.27. The van der Waals surface area contributed by atoms with Crippen molar-refractivity contribution in [2.75, 3.05) is 13.7 Å². The average molecular weight is 851 g/mol. The molecule has 270 valence electrons. The second kappa shape index (κ2) is 19.7. The van der Waals surface area contributed by atoms with Gasteiger partial charge in [-0.1, -0.05) is 112 Å². The van der Waals surface area contributed by atoms with Crippen LogP contribution in [0.4, 0.5) is 0 Å². The summed E-state index contributed by atoms with van der Waals surface area (Å²) in [5.41, 5.74) is 4.75. The Balaban J connectivity index is 1.31. The van der Waals surface area contributed by atoms with Gasteiger partial charge >= 0.3 is 0 Å². The van der Waals surface area contributed by atoms with Gasteiger partial charge in [0.25, 0.3) is 0 Å². The molecule has 1 aliphatic heterocycles. The van der Waals surface area contributed by atoms with Crippen molar-refractivity contribution in [3.63, 3.8) is 0 Å². The van der Waals surface area contributed by atoms with Crippen LogP contribution in [0.2, 0.25) is 5.02 Å². The molecule has 0 aromatic heterocycles. The minimum atomic E-state index is -0.820. The van der Waals surface area contributed by atoms with Crippen LogP contribution in [0.25, 0.3) is 0 Å². The molecule has 1 saturated heterocycles. The summed E-state index contributed by atoms with van der Waals surface area (Å²) in [6.07, 6.45) is -3.34. The fourth-order valence-corrected chi connectivity index (χ4v) is 6.48. The van der Waals surface area contributed by atoms with Crippen molar-refractivity contribution < 1.29 is 33.2 Å². The Kier molecular flexibility index (Phi) is 14.6. The molecule has 5 aromatic carbocycles. The molecule has 5 atom stereocenters. The number of ether oxygens (including phenoxy) is 7. The summed E-state index contributed by atoms with van der Waals surface area (Å²) in [4.78, 5) is 0. The fourth-order valence-electron chi connectivity index (χ4n) is 5.72. The van der Waals surface area contributed by atoms with Crippen LogP contribution >= 0.6 is 43.5 Å². The first kappa shape index (κ1) is 38.5. The highest BCUT2D eigenvalue weighted by Crippen LogP contribution is 2.33. The van der Waals surface area contributed by atoms with Crippen molar-refractivity contribution in [1.29, 1.82) is 0 Å². The summed E-state index contributed by atoms with van der Waals surface area (Å²) in [6, 6.07) is 43.3. The number of benzene rings is 4. The van der Waals surface area contributed by atoms with Crippen LogP contribution < -0.4 is 4.74 Å². The summed E-state index contributed by atoms with van der Waals surface area (Å²) < 4.78 is 47.0. The van der Waals surface area contributed by atoms with E-state index < -0.39 is 30.7 Å². The molecular weight excluding hydrogens is 812 g/mol. The molecule has 6 rings (SSSR count). The zero-order valence-corrected chi connectivity index (χ0v) is 32.5. The van der Waals surface area contributed by atoms with Gasteiger partial charge in [0.1, 0.15) is 30.2 Å². The summed E-state index contributed by atoms with van der Waals surface area (Å²) in [7, 11) is 1.65. The normalized spacial score (nSPS) is 20.0. The molecule has 10 heteroatoms. The van der Waals surface area contributed by atoms with E-state index in [2.05, 4.69) is 44.0 Å². The van der Waals surface area contributed by atoms with Crippen LogP contribution in [-0.2, 0) is 61.5 Å². The van der Waals surface area contributed by atoms with E-state index >= 15 is 0 Å². The highest BCUT2D eigenvalue weighted by Gasteiger charge is 2.49. The predicted molar refractivity (Wildman–Crippen MR) is 206 cm³/mol. The lowest BCUT2D eigenvalue weighted by Crippen LogP contribution is -2.61. The van der Waals surface area contributed by atoms with Crippen LogP contribution in [0.5, 0.6) is 5.75 Å². The highest BCUT2D eigenvalue weighted by atomic mass is 79.9. The minimum Gasteiger partial charge on any atom is -0.497 e. The lowest BCUT2D eigenvalue weighted by atomic mass is 9.97. The molecule has 0 spiro atoms. The number of hydrogen-bond acceptors (Lipinski definition) is 7. The van der Waals surface area contributed by atoms with Gasteiger partial charge in [0.05, 0.1) is 51.2 Å². The molecule has 2 unspecified atom stereocenters. The van der Waals surface area contributed by atoms with E-state index in [1.165, 1.54) is 0 Å². The number of rotatable bonds is 17. The van der Waals surface area contributed by atoms with Gasteiger partial charge in [0.15, 0.2) is 6.29 Å². The van der Waals surface area contributed by atoms with E-state index in [9.17, 15) is 0 Å². The van der Waals surface area contributed by atoms with Gasteiger partial charge in [-0.25, -0.2) is 0 Å². The van der Waals surface area contributed by atoms with Crippen molar-refractivity contribution in [2.45, 2.75) is 63.7 Å². The van der Waals surface area contributed by atoms with Crippen LogP contribution in [0.15, 0.2) is 124 Å². The van der Waals surface area contributed by atoms with Gasteiger partial charge in [0, 0.05) is 15.1 Å². The maximum Gasteiger partial charge on any atom is 0.187 e. The Bertz CT molecular complexity index is 1790. The SMILES string of the molecule is COc1ccc(COC2[C@H](OCc3ccccc3)OC(COCc3c#cc(Br)cc3)[C@H](OCc3ccc(Cl)cc3)[C@@H]2OCc2ccccc2Br)cc1. The monoisotopic (exact) mass is 848 g/mol. The molecule has 0 saturated carbocycles. The van der Waals surface area contributed by atoms with Gasteiger partial charge < -0.3 is 33.2 Å². The number of halogens is 3. The topological polar surface area (TPSA) is 64.6 Å². The van der Waals surface area contributed by atoms with Crippen molar-refractivity contribution in [3.8, 4) is 5.75 Å². The van der Waals surface area contributed by atoms with Crippen molar-refractivity contribution in [2.24, 2.45) is 0 Å². The lowest BCUT2D eigenvalue weighted by Gasteiger charge is -2.46. The number of methoxy groups -OCH3 is 1. The van der Waals surface area contributed by atoms with Crippen molar-refractivity contribution >= 4 is 43.5 Å². The van der Waals surface area contributed by atoms with Gasteiger partial charge in [-0.2, -0.15) is 0 Å². The van der Waals surface area contributed by atoms with Gasteiger partial charge in [-0.05, 0) is 80.6 Å². The molecule has 7 nitrogen and oxygen atoms in total. The molecule has 0 radical (unpaired) electrons. The predicted octanol–water partition coefficient (Wildman–Crippen LogP) is 9.69. The standard InChI is InChI=1S/C42H39Br2ClO7/c1-46-36-21-15-32(16-22-36)25-49-41-40(50-27-33-9-5-6-10-37(33)44)39(48-24-31-13-19-35(45)20-14-31)38(28-47-23-30-11-17-34(43)18-12-30)52-42(41)51-26-29-7-3-2-4-8-29/h2-11,13-17,19-22,38-42H,23-28H2,1H3/t38?,39-,40-,41?,42+/m0/s1. The molecule has 0 amide bonds. The van der Waals surface area contributed by atoms with E-state index in [0.29, 0.717) is 18.2 Å². The second-order valence-corrected chi connectivity index (χ2v) is 14.3. The van der Waals surface area contributed by atoms with E-state index in [-0.39, 0.29) is 26.4 Å². The summed E-state index contributed by atoms with van der Waals surface area (Å²) in [6.45, 7) is 1.66. The first-order valence-corrected chi connectivity index (χ1v) is 18.8. The largest absolute Gasteiger partial charge is 0.497 e. The van der Waals surface area contributed by atoms with Crippen LogP contribution in [0, 0.1) is 12.1 Å². The third kappa shape index (κ3) is 11.1. The van der Waals surface area contributed by atoms with Crippen molar-refractivity contribution in [1.82, 2.24) is 0 Å². The van der Waals surface area contributed by atoms with Gasteiger partial charge in [-0.15, -0.1) is 0 Å². The molecule has 0 aliphatic carbocycles. The van der Waals surface area contributed by atoms with Crippen LogP contribution in [0.3, 0.4) is 0 Å². The third-order valence-corrected chi connectivity index (χ3v) is 10.00. The Morgan fingerprint density at radius 2 is 1.25 bits per heavy atom. The minimum absolute atomic E-state index is 0.195. The molecule has 5 aromatic rings. The molecule has 1 fully saturated rings. The van der Waals surface area contributed by atoms with E-state index in [0.717, 1.165) is 42.5 Å².